The van der Waals surface area contributed by atoms with E-state index in [2.05, 4.69) is 0 Å². The van der Waals surface area contributed by atoms with Crippen molar-refractivity contribution in [2.45, 2.75) is 25.2 Å². The maximum Gasteiger partial charge on any atom is 0.156 e. The summed E-state index contributed by atoms with van der Waals surface area (Å²) in [5.74, 6) is 0.159. The molecular formula is C12H17NO4S. The summed E-state index contributed by atoms with van der Waals surface area (Å²) in [7, 11) is -3.19. The van der Waals surface area contributed by atoms with Crippen LogP contribution < -0.4 is 10.5 Å². The molecule has 0 bridgehead atoms. The Labute approximate surface area is 106 Å². The van der Waals surface area contributed by atoms with E-state index >= 15 is 0 Å². The average Bonchev–Trinajstić information content (AvgIpc) is 2.52. The molecule has 0 aromatic heterocycles. The molecule has 0 radical (unpaired) electrons. The van der Waals surface area contributed by atoms with Crippen LogP contribution in [0.4, 0.5) is 0 Å². The average molecular weight is 271 g/mol. The number of hydrogen-bond acceptors (Lipinski definition) is 5. The Bertz CT molecular complexity index is 527. The topological polar surface area (TPSA) is 89.6 Å². The van der Waals surface area contributed by atoms with Gasteiger partial charge in [0.25, 0.3) is 0 Å². The lowest BCUT2D eigenvalue weighted by atomic mass is 10.1. The Hall–Kier alpha value is -1.11. The third kappa shape index (κ3) is 3.01. The standard InChI is InChI=1S/C12H17NO4S/c1-8(13)9-3-2-4-10(5-9)17-12-7-18(15,16)6-11(12)14/h2-5,8,11-12,14H,6-7,13H2,1H3/t8-,11?,12?/m0/s1. The van der Waals surface area contributed by atoms with E-state index in [1.54, 1.807) is 18.2 Å². The van der Waals surface area contributed by atoms with Gasteiger partial charge >= 0.3 is 0 Å². The fourth-order valence-electron chi connectivity index (χ4n) is 1.96. The minimum atomic E-state index is -3.19. The minimum absolute atomic E-state index is 0.120. The number of aliphatic hydroxyl groups is 1. The number of sulfone groups is 1. The summed E-state index contributed by atoms with van der Waals surface area (Å²) < 4.78 is 28.2. The normalized spacial score (nSPS) is 27.9. The lowest BCUT2D eigenvalue weighted by Gasteiger charge is -2.16. The second-order valence-electron chi connectivity index (χ2n) is 4.66. The molecule has 1 fully saturated rings. The number of ether oxygens (including phenoxy) is 1. The van der Waals surface area contributed by atoms with Crippen LogP contribution in [0.1, 0.15) is 18.5 Å². The summed E-state index contributed by atoms with van der Waals surface area (Å²) in [6, 6.07) is 7.04. The van der Waals surface area contributed by atoms with E-state index < -0.39 is 22.0 Å². The van der Waals surface area contributed by atoms with Crippen LogP contribution in [0, 0.1) is 0 Å². The van der Waals surface area contributed by atoms with Crippen molar-refractivity contribution >= 4 is 9.84 Å². The van der Waals surface area contributed by atoms with Crippen LogP contribution in [0.5, 0.6) is 5.75 Å². The van der Waals surface area contributed by atoms with Gasteiger partial charge in [-0.3, -0.25) is 0 Å². The maximum absolute atomic E-state index is 11.4. The molecule has 1 saturated heterocycles. The third-order valence-electron chi connectivity index (χ3n) is 2.94. The van der Waals surface area contributed by atoms with Crippen LogP contribution in [0.25, 0.3) is 0 Å². The third-order valence-corrected chi connectivity index (χ3v) is 4.63. The highest BCUT2D eigenvalue weighted by atomic mass is 32.2. The molecule has 5 nitrogen and oxygen atoms in total. The van der Waals surface area contributed by atoms with Crippen LogP contribution in [0.15, 0.2) is 24.3 Å². The summed E-state index contributed by atoms with van der Waals surface area (Å²) in [5, 5.41) is 9.64. The highest BCUT2D eigenvalue weighted by Gasteiger charge is 2.38. The van der Waals surface area contributed by atoms with E-state index in [0.717, 1.165) is 5.56 Å². The molecule has 1 aliphatic heterocycles. The Morgan fingerprint density at radius 2 is 2.17 bits per heavy atom. The Kier molecular flexibility index (Phi) is 3.61. The van der Waals surface area contributed by atoms with Crippen molar-refractivity contribution in [2.24, 2.45) is 5.73 Å². The molecular weight excluding hydrogens is 254 g/mol. The molecule has 1 aromatic carbocycles. The van der Waals surface area contributed by atoms with Gasteiger partial charge in [-0.05, 0) is 24.6 Å². The first-order valence-electron chi connectivity index (χ1n) is 5.78. The van der Waals surface area contributed by atoms with Gasteiger partial charge < -0.3 is 15.6 Å². The molecule has 18 heavy (non-hydrogen) atoms. The zero-order valence-electron chi connectivity index (χ0n) is 10.1. The largest absolute Gasteiger partial charge is 0.487 e. The second kappa shape index (κ2) is 4.87. The molecule has 1 aliphatic rings. The van der Waals surface area contributed by atoms with Gasteiger partial charge in [0.15, 0.2) is 9.84 Å². The van der Waals surface area contributed by atoms with E-state index in [1.807, 2.05) is 13.0 Å². The molecule has 0 aliphatic carbocycles. The van der Waals surface area contributed by atoms with Gasteiger partial charge in [0.2, 0.25) is 0 Å². The number of hydrogen-bond donors (Lipinski definition) is 2. The Morgan fingerprint density at radius 1 is 1.44 bits per heavy atom. The first-order chi connectivity index (χ1) is 8.37. The number of rotatable bonds is 3. The highest BCUT2D eigenvalue weighted by molar-refractivity contribution is 7.91. The van der Waals surface area contributed by atoms with E-state index in [0.29, 0.717) is 5.75 Å². The minimum Gasteiger partial charge on any atom is -0.487 e. The summed E-state index contributed by atoms with van der Waals surface area (Å²) >= 11 is 0. The first-order valence-corrected chi connectivity index (χ1v) is 7.60. The zero-order valence-corrected chi connectivity index (χ0v) is 10.9. The van der Waals surface area contributed by atoms with Crippen LogP contribution in [0.2, 0.25) is 0 Å². The molecule has 1 heterocycles. The van der Waals surface area contributed by atoms with Crippen molar-refractivity contribution in [1.82, 2.24) is 0 Å². The van der Waals surface area contributed by atoms with Crippen molar-refractivity contribution in [3.8, 4) is 5.75 Å². The van der Waals surface area contributed by atoms with Crippen LogP contribution >= 0.6 is 0 Å². The molecule has 0 saturated carbocycles. The number of nitrogens with two attached hydrogens (primary N) is 1. The highest BCUT2D eigenvalue weighted by Crippen LogP contribution is 2.22. The van der Waals surface area contributed by atoms with E-state index in [9.17, 15) is 13.5 Å². The number of aliphatic hydroxyl groups excluding tert-OH is 1. The summed E-state index contributed by atoms with van der Waals surface area (Å²) in [4.78, 5) is 0. The fourth-order valence-corrected chi connectivity index (χ4v) is 3.62. The lowest BCUT2D eigenvalue weighted by Crippen LogP contribution is -2.29. The summed E-state index contributed by atoms with van der Waals surface area (Å²) in [6.07, 6.45) is -1.66. The van der Waals surface area contributed by atoms with Crippen molar-refractivity contribution in [3.63, 3.8) is 0 Å². The van der Waals surface area contributed by atoms with Crippen molar-refractivity contribution in [3.05, 3.63) is 29.8 Å². The van der Waals surface area contributed by atoms with Gasteiger partial charge in [-0.15, -0.1) is 0 Å². The molecule has 6 heteroatoms. The molecule has 3 atom stereocenters. The zero-order chi connectivity index (χ0) is 13.3. The monoisotopic (exact) mass is 271 g/mol. The van der Waals surface area contributed by atoms with Crippen LogP contribution in [-0.4, -0.2) is 37.2 Å². The SMILES string of the molecule is C[C@H](N)c1cccc(OC2CS(=O)(=O)CC2O)c1. The van der Waals surface area contributed by atoms with Crippen LogP contribution in [-0.2, 0) is 9.84 Å². The predicted octanol–water partition coefficient (Wildman–Crippen LogP) is 0.243. The quantitative estimate of drug-likeness (QED) is 0.822. The van der Waals surface area contributed by atoms with E-state index in [1.165, 1.54) is 0 Å². The maximum atomic E-state index is 11.4. The molecule has 1 aromatic rings. The van der Waals surface area contributed by atoms with Gasteiger partial charge in [-0.1, -0.05) is 12.1 Å². The van der Waals surface area contributed by atoms with Crippen molar-refractivity contribution in [1.29, 1.82) is 0 Å². The van der Waals surface area contributed by atoms with Crippen LogP contribution in [0.3, 0.4) is 0 Å². The molecule has 100 valence electrons. The molecule has 0 spiro atoms. The fraction of sp³-hybridized carbons (Fsp3) is 0.500. The Balaban J connectivity index is 2.13. The first kappa shape index (κ1) is 13.3. The predicted molar refractivity (Wildman–Crippen MR) is 68.1 cm³/mol. The van der Waals surface area contributed by atoms with Gasteiger partial charge in [0.1, 0.15) is 18.0 Å². The van der Waals surface area contributed by atoms with Crippen molar-refractivity contribution in [2.75, 3.05) is 11.5 Å². The lowest BCUT2D eigenvalue weighted by molar-refractivity contribution is 0.0737. The van der Waals surface area contributed by atoms with E-state index in [4.69, 9.17) is 10.5 Å². The molecule has 0 amide bonds. The summed E-state index contributed by atoms with van der Waals surface area (Å²) in [5.41, 5.74) is 6.67. The second-order valence-corrected chi connectivity index (χ2v) is 6.82. The molecule has 2 unspecified atom stereocenters. The smallest absolute Gasteiger partial charge is 0.156 e. The van der Waals surface area contributed by atoms with Crippen molar-refractivity contribution < 1.29 is 18.3 Å². The Morgan fingerprint density at radius 3 is 2.72 bits per heavy atom. The summed E-state index contributed by atoms with van der Waals surface area (Å²) in [6.45, 7) is 1.86. The number of benzene rings is 1. The van der Waals surface area contributed by atoms with Gasteiger partial charge in [0.05, 0.1) is 11.5 Å². The van der Waals surface area contributed by atoms with Gasteiger partial charge in [0, 0.05) is 6.04 Å². The van der Waals surface area contributed by atoms with Gasteiger partial charge in [-0.2, -0.15) is 0 Å². The molecule has 2 rings (SSSR count). The van der Waals surface area contributed by atoms with E-state index in [-0.39, 0.29) is 17.5 Å². The molecule has 3 N–H and O–H groups in total. The van der Waals surface area contributed by atoms with Gasteiger partial charge in [-0.25, -0.2) is 8.42 Å².